The number of ether oxygens (including phenoxy) is 1. The van der Waals surface area contributed by atoms with E-state index in [2.05, 4.69) is 15.3 Å². The number of benzene rings is 1. The third-order valence-corrected chi connectivity index (χ3v) is 9.47. The van der Waals surface area contributed by atoms with E-state index < -0.39 is 35.7 Å². The van der Waals surface area contributed by atoms with Gasteiger partial charge in [-0.2, -0.15) is 13.2 Å². The Labute approximate surface area is 252 Å². The molecule has 2 fully saturated rings. The number of pyridine rings is 1. The third-order valence-electron chi connectivity index (χ3n) is 9.04. The van der Waals surface area contributed by atoms with E-state index in [1.54, 1.807) is 25.2 Å². The predicted molar refractivity (Wildman–Crippen MR) is 153 cm³/mol. The molecule has 10 nitrogen and oxygen atoms in total. The molecule has 1 amide bonds. The van der Waals surface area contributed by atoms with Crippen molar-refractivity contribution < 1.29 is 32.9 Å². The predicted octanol–water partition coefficient (Wildman–Crippen LogP) is 5.20. The van der Waals surface area contributed by atoms with Crippen molar-refractivity contribution in [2.75, 3.05) is 26.7 Å². The Bertz CT molecular complexity index is 1480. The molecule has 1 aromatic carbocycles. The van der Waals surface area contributed by atoms with E-state index in [0.717, 1.165) is 12.8 Å². The molecule has 234 valence electrons. The van der Waals surface area contributed by atoms with Crippen molar-refractivity contribution in [2.24, 2.45) is 18.9 Å². The Morgan fingerprint density at radius 2 is 1.95 bits per heavy atom. The molecule has 0 aliphatic carbocycles. The lowest BCUT2D eigenvalue weighted by Crippen LogP contribution is -2.65. The molecule has 14 heteroatoms. The summed E-state index contributed by atoms with van der Waals surface area (Å²) in [5.74, 6) is -1.52. The topological polar surface area (TPSA) is 117 Å². The van der Waals surface area contributed by atoms with E-state index in [9.17, 15) is 28.2 Å². The molecule has 2 aliphatic heterocycles. The molecular weight excluding hydrogens is 589 g/mol. The number of fused-ring (bicyclic) bond motifs is 1. The molecule has 5 rings (SSSR count). The number of halogens is 4. The summed E-state index contributed by atoms with van der Waals surface area (Å²) in [6.07, 6.45) is -1.50. The highest BCUT2D eigenvalue weighted by Crippen LogP contribution is 2.47. The van der Waals surface area contributed by atoms with Crippen LogP contribution in [0.5, 0.6) is 5.88 Å². The average molecular weight is 625 g/mol. The number of hydrogen-bond acceptors (Lipinski definition) is 7. The molecule has 0 spiro atoms. The molecule has 0 radical (unpaired) electrons. The van der Waals surface area contributed by atoms with Gasteiger partial charge < -0.3 is 19.8 Å². The SMILES string of the molecule is CCCCC1C(C(O)(c2ccc3nc(OC)c(CN4CCC(C(F)(F)F)CC4)c(Cl)c3c2)c2cnnn2C)CN1C(=O)O. The van der Waals surface area contributed by atoms with Gasteiger partial charge in [-0.15, -0.1) is 5.10 Å². The second-order valence-electron chi connectivity index (χ2n) is 11.5. The van der Waals surface area contributed by atoms with Crippen LogP contribution in [0.3, 0.4) is 0 Å². The number of unbranched alkanes of at least 4 members (excludes halogenated alkanes) is 1. The quantitative estimate of drug-likeness (QED) is 0.334. The summed E-state index contributed by atoms with van der Waals surface area (Å²) >= 11 is 6.99. The summed E-state index contributed by atoms with van der Waals surface area (Å²) in [6.45, 7) is 2.92. The third kappa shape index (κ3) is 5.74. The normalized spacial score (nSPS) is 21.5. The smallest absolute Gasteiger partial charge is 0.407 e. The van der Waals surface area contributed by atoms with Gasteiger partial charge in [0.25, 0.3) is 0 Å². The minimum absolute atomic E-state index is 0.00824. The van der Waals surface area contributed by atoms with Crippen LogP contribution < -0.4 is 4.74 Å². The Morgan fingerprint density at radius 1 is 1.23 bits per heavy atom. The number of amides is 1. The van der Waals surface area contributed by atoms with Crippen LogP contribution in [0.4, 0.5) is 18.0 Å². The highest BCUT2D eigenvalue weighted by Gasteiger charge is 2.55. The number of methoxy groups -OCH3 is 1. The monoisotopic (exact) mass is 624 g/mol. The minimum Gasteiger partial charge on any atom is -0.481 e. The summed E-state index contributed by atoms with van der Waals surface area (Å²) in [4.78, 5) is 19.9. The Balaban J connectivity index is 1.55. The fourth-order valence-corrected chi connectivity index (χ4v) is 6.86. The van der Waals surface area contributed by atoms with Gasteiger partial charge in [0, 0.05) is 43.0 Å². The molecular formula is C29H36ClF3N6O4. The van der Waals surface area contributed by atoms with Crippen LogP contribution in [0, 0.1) is 11.8 Å². The summed E-state index contributed by atoms with van der Waals surface area (Å²) in [5, 5.41) is 31.3. The molecule has 2 aromatic heterocycles. The number of piperidine rings is 1. The summed E-state index contributed by atoms with van der Waals surface area (Å²) in [7, 11) is 3.14. The second-order valence-corrected chi connectivity index (χ2v) is 11.9. The van der Waals surface area contributed by atoms with Crippen molar-refractivity contribution in [3.63, 3.8) is 0 Å². The van der Waals surface area contributed by atoms with Crippen molar-refractivity contribution in [2.45, 2.75) is 63.4 Å². The first-order valence-electron chi connectivity index (χ1n) is 14.4. The standard InChI is InChI=1S/C29H36ClF3N6O4/c1-4-5-6-23-21(16-39(23)27(40)41)28(42,24-14-34-36-37(24)2)18-7-8-22-19(13-18)25(30)20(26(35-22)43-3)15-38-11-9-17(10-12-38)29(31,32)33/h7-8,13-14,17,21,23,42H,4-6,9-12,15-16H2,1-3H3,(H,40,41). The van der Waals surface area contributed by atoms with Crippen LogP contribution >= 0.6 is 11.6 Å². The number of hydrogen-bond donors (Lipinski definition) is 2. The van der Waals surface area contributed by atoms with Gasteiger partial charge >= 0.3 is 12.3 Å². The van der Waals surface area contributed by atoms with Gasteiger partial charge in [0.15, 0.2) is 0 Å². The van der Waals surface area contributed by atoms with Gasteiger partial charge in [0.1, 0.15) is 5.60 Å². The number of aliphatic hydroxyl groups is 1. The summed E-state index contributed by atoms with van der Waals surface area (Å²) < 4.78 is 46.7. The minimum atomic E-state index is -4.21. The van der Waals surface area contributed by atoms with Gasteiger partial charge in [0.05, 0.1) is 35.5 Å². The van der Waals surface area contributed by atoms with Gasteiger partial charge in [-0.25, -0.2) is 14.5 Å². The number of aromatic nitrogens is 4. The number of rotatable bonds is 9. The van der Waals surface area contributed by atoms with Crippen molar-refractivity contribution in [3.8, 4) is 5.88 Å². The molecule has 2 N–H and O–H groups in total. The van der Waals surface area contributed by atoms with Gasteiger partial charge in [0.2, 0.25) is 5.88 Å². The first-order chi connectivity index (χ1) is 20.4. The highest BCUT2D eigenvalue weighted by atomic mass is 35.5. The molecule has 2 saturated heterocycles. The zero-order valence-electron chi connectivity index (χ0n) is 24.3. The van der Waals surface area contributed by atoms with E-state index in [-0.39, 0.29) is 44.9 Å². The number of likely N-dealkylation sites (tertiary alicyclic amines) is 2. The fraction of sp³-hybridized carbons (Fsp3) is 0.586. The van der Waals surface area contributed by atoms with Crippen molar-refractivity contribution in [1.82, 2.24) is 29.8 Å². The van der Waals surface area contributed by atoms with Gasteiger partial charge in [-0.05, 0) is 50.0 Å². The van der Waals surface area contributed by atoms with Crippen molar-refractivity contribution in [3.05, 3.63) is 46.2 Å². The van der Waals surface area contributed by atoms with Crippen LogP contribution in [0.2, 0.25) is 5.02 Å². The number of carboxylic acid groups (broad SMARTS) is 1. The lowest BCUT2D eigenvalue weighted by atomic mass is 9.68. The zero-order valence-corrected chi connectivity index (χ0v) is 25.1. The van der Waals surface area contributed by atoms with E-state index in [1.807, 2.05) is 11.8 Å². The lowest BCUT2D eigenvalue weighted by Gasteiger charge is -2.53. The highest BCUT2D eigenvalue weighted by molar-refractivity contribution is 6.36. The molecule has 43 heavy (non-hydrogen) atoms. The largest absolute Gasteiger partial charge is 0.481 e. The molecule has 2 aliphatic rings. The van der Waals surface area contributed by atoms with E-state index >= 15 is 0 Å². The Kier molecular flexibility index (Phi) is 8.79. The fourth-order valence-electron chi connectivity index (χ4n) is 6.56. The maximum atomic E-state index is 13.2. The van der Waals surface area contributed by atoms with Crippen LogP contribution in [0.1, 0.15) is 55.8 Å². The first-order valence-corrected chi connectivity index (χ1v) is 14.8. The number of nitrogens with zero attached hydrogens (tertiary/aromatic N) is 6. The van der Waals surface area contributed by atoms with Crippen LogP contribution in [-0.4, -0.2) is 85.0 Å². The first kappa shape index (κ1) is 31.3. The number of carbonyl (C=O) groups is 1. The summed E-state index contributed by atoms with van der Waals surface area (Å²) in [6, 6.07) is 4.78. The maximum absolute atomic E-state index is 13.2. The van der Waals surface area contributed by atoms with Crippen molar-refractivity contribution in [1.29, 1.82) is 0 Å². The van der Waals surface area contributed by atoms with Crippen molar-refractivity contribution >= 4 is 28.6 Å². The van der Waals surface area contributed by atoms with E-state index in [4.69, 9.17) is 16.3 Å². The van der Waals surface area contributed by atoms with Crippen LogP contribution in [0.15, 0.2) is 24.4 Å². The lowest BCUT2D eigenvalue weighted by molar-refractivity contribution is -0.185. The molecule has 0 bridgehead atoms. The second kappa shape index (κ2) is 12.1. The molecule has 3 aromatic rings. The Morgan fingerprint density at radius 3 is 2.53 bits per heavy atom. The van der Waals surface area contributed by atoms with Crippen LogP contribution in [-0.2, 0) is 19.2 Å². The van der Waals surface area contributed by atoms with E-state index in [0.29, 0.717) is 39.2 Å². The molecule has 0 saturated carbocycles. The van der Waals surface area contributed by atoms with Crippen LogP contribution in [0.25, 0.3) is 10.9 Å². The number of aryl methyl sites for hydroxylation is 1. The number of alkyl halides is 3. The maximum Gasteiger partial charge on any atom is 0.407 e. The van der Waals surface area contributed by atoms with E-state index in [1.165, 1.54) is 22.9 Å². The zero-order chi connectivity index (χ0) is 31.1. The summed E-state index contributed by atoms with van der Waals surface area (Å²) in [5.41, 5.74) is 0.298. The van der Waals surface area contributed by atoms with Gasteiger partial charge in [-0.3, -0.25) is 4.90 Å². The molecule has 3 atom stereocenters. The Hall–Kier alpha value is -3.16. The van der Waals surface area contributed by atoms with Gasteiger partial charge in [-0.1, -0.05) is 42.6 Å². The average Bonchev–Trinajstić information content (AvgIpc) is 3.39. The molecule has 3 unspecified atom stereocenters. The molecule has 4 heterocycles.